The highest BCUT2D eigenvalue weighted by Gasteiger charge is 2.17. The van der Waals surface area contributed by atoms with Crippen LogP contribution in [0.4, 0.5) is 17.1 Å². The lowest BCUT2D eigenvalue weighted by molar-refractivity contribution is 0.416. The van der Waals surface area contributed by atoms with Gasteiger partial charge < -0.3 is 20.3 Å². The lowest BCUT2D eigenvalue weighted by Gasteiger charge is -2.23. The van der Waals surface area contributed by atoms with Gasteiger partial charge in [0.25, 0.3) is 0 Å². The smallest absolute Gasteiger partial charge is 0.142 e. The van der Waals surface area contributed by atoms with Crippen LogP contribution in [0, 0.1) is 0 Å². The quantitative estimate of drug-likeness (QED) is 0.200. The molecule has 202 valence electrons. The molecule has 0 bridgehead atoms. The van der Waals surface area contributed by atoms with Crippen LogP contribution in [0.25, 0.3) is 10.8 Å². The summed E-state index contributed by atoms with van der Waals surface area (Å²) in [4.78, 5) is 10.4. The highest BCUT2D eigenvalue weighted by Crippen LogP contribution is 2.35. The number of aliphatic imine (C=N–C) groups is 2. The SMILES string of the molecule is C=CN(CC=NC=NCC)c1ccc(NC(=C)Nc2cc(C(C)(C)C)ccc2OC)c2ccccc12.CC. The molecule has 0 aromatic heterocycles. The van der Waals surface area contributed by atoms with Crippen molar-refractivity contribution in [3.05, 3.63) is 85.3 Å². The van der Waals surface area contributed by atoms with E-state index in [1.807, 2.05) is 51.4 Å². The Kier molecular flexibility index (Phi) is 11.6. The van der Waals surface area contributed by atoms with E-state index in [0.717, 1.165) is 40.1 Å². The third-order valence-electron chi connectivity index (χ3n) is 5.78. The van der Waals surface area contributed by atoms with Crippen molar-refractivity contribution in [3.63, 3.8) is 0 Å². The summed E-state index contributed by atoms with van der Waals surface area (Å²) >= 11 is 0. The maximum absolute atomic E-state index is 5.58. The first-order chi connectivity index (χ1) is 18.3. The molecule has 38 heavy (non-hydrogen) atoms. The minimum absolute atomic E-state index is 0.0219. The van der Waals surface area contributed by atoms with Crippen LogP contribution < -0.4 is 20.3 Å². The van der Waals surface area contributed by atoms with E-state index >= 15 is 0 Å². The largest absolute Gasteiger partial charge is 0.495 e. The summed E-state index contributed by atoms with van der Waals surface area (Å²) in [5.41, 5.74) is 4.09. The van der Waals surface area contributed by atoms with Gasteiger partial charge in [-0.2, -0.15) is 0 Å². The maximum Gasteiger partial charge on any atom is 0.142 e. The molecule has 6 nitrogen and oxygen atoms in total. The molecule has 3 aromatic carbocycles. The molecule has 0 aliphatic carbocycles. The van der Waals surface area contributed by atoms with Crippen LogP contribution >= 0.6 is 0 Å². The third-order valence-corrected chi connectivity index (χ3v) is 5.78. The summed E-state index contributed by atoms with van der Waals surface area (Å²) in [7, 11) is 1.67. The zero-order valence-electron chi connectivity index (χ0n) is 24.0. The van der Waals surface area contributed by atoms with E-state index < -0.39 is 0 Å². The van der Waals surface area contributed by atoms with Crippen LogP contribution in [0.1, 0.15) is 47.1 Å². The number of methoxy groups -OCH3 is 1. The van der Waals surface area contributed by atoms with Crippen LogP contribution in [-0.4, -0.2) is 32.8 Å². The lowest BCUT2D eigenvalue weighted by Crippen LogP contribution is -2.18. The van der Waals surface area contributed by atoms with E-state index in [-0.39, 0.29) is 5.41 Å². The molecule has 0 spiro atoms. The highest BCUT2D eigenvalue weighted by molar-refractivity contribution is 6.03. The second-order valence-corrected chi connectivity index (χ2v) is 9.35. The monoisotopic (exact) mass is 513 g/mol. The molecule has 0 saturated carbocycles. The number of hydrogen-bond donors (Lipinski definition) is 2. The molecule has 0 saturated heterocycles. The molecule has 0 fully saturated rings. The van der Waals surface area contributed by atoms with E-state index in [4.69, 9.17) is 4.74 Å². The molecule has 0 amide bonds. The van der Waals surface area contributed by atoms with Gasteiger partial charge in [-0.05, 0) is 48.4 Å². The van der Waals surface area contributed by atoms with Crippen LogP contribution in [-0.2, 0) is 5.41 Å². The number of nitrogens with one attached hydrogen (secondary N) is 2. The minimum atomic E-state index is 0.0219. The minimum Gasteiger partial charge on any atom is -0.495 e. The average molecular weight is 514 g/mol. The molecule has 0 atom stereocenters. The molecule has 0 unspecified atom stereocenters. The molecular weight excluding hydrogens is 470 g/mol. The lowest BCUT2D eigenvalue weighted by atomic mass is 9.87. The Bertz CT molecular complexity index is 1270. The molecule has 0 heterocycles. The predicted octanol–water partition coefficient (Wildman–Crippen LogP) is 8.24. The summed E-state index contributed by atoms with van der Waals surface area (Å²) in [6.07, 6.45) is 5.22. The first-order valence-corrected chi connectivity index (χ1v) is 13.1. The van der Waals surface area contributed by atoms with Gasteiger partial charge in [-0.3, -0.25) is 4.99 Å². The van der Waals surface area contributed by atoms with E-state index in [1.54, 1.807) is 13.4 Å². The molecule has 3 rings (SSSR count). The van der Waals surface area contributed by atoms with E-state index in [9.17, 15) is 0 Å². The van der Waals surface area contributed by atoms with Gasteiger partial charge in [0.15, 0.2) is 0 Å². The second kappa shape index (κ2) is 14.6. The van der Waals surface area contributed by atoms with Gasteiger partial charge in [-0.25, -0.2) is 4.99 Å². The zero-order valence-corrected chi connectivity index (χ0v) is 24.0. The third kappa shape index (κ3) is 7.97. The van der Waals surface area contributed by atoms with Crippen LogP contribution in [0.15, 0.2) is 89.8 Å². The fourth-order valence-electron chi connectivity index (χ4n) is 3.85. The van der Waals surface area contributed by atoms with Gasteiger partial charge in [0.05, 0.1) is 19.3 Å². The Morgan fingerprint density at radius 3 is 2.32 bits per heavy atom. The van der Waals surface area contributed by atoms with Crippen molar-refractivity contribution in [2.75, 3.05) is 35.7 Å². The van der Waals surface area contributed by atoms with Gasteiger partial charge in [0, 0.05) is 34.9 Å². The van der Waals surface area contributed by atoms with Gasteiger partial charge in [-0.1, -0.05) is 78.1 Å². The Morgan fingerprint density at radius 1 is 1.00 bits per heavy atom. The van der Waals surface area contributed by atoms with Crippen LogP contribution in [0.5, 0.6) is 5.75 Å². The van der Waals surface area contributed by atoms with Crippen molar-refractivity contribution in [2.45, 2.75) is 47.0 Å². The molecular formula is C32H43N5O. The topological polar surface area (TPSA) is 61.2 Å². The summed E-state index contributed by atoms with van der Waals surface area (Å²) in [5.74, 6) is 1.42. The second-order valence-electron chi connectivity index (χ2n) is 9.35. The van der Waals surface area contributed by atoms with Crippen LogP contribution in [0.3, 0.4) is 0 Å². The number of nitrogens with zero attached hydrogens (tertiary/aromatic N) is 3. The fourth-order valence-corrected chi connectivity index (χ4v) is 3.85. The van der Waals surface area contributed by atoms with Crippen molar-refractivity contribution in [1.29, 1.82) is 0 Å². The van der Waals surface area contributed by atoms with Gasteiger partial charge in [0.1, 0.15) is 17.9 Å². The molecule has 0 aliphatic rings. The first-order valence-electron chi connectivity index (χ1n) is 13.1. The maximum atomic E-state index is 5.58. The Labute approximate surface area is 228 Å². The number of anilines is 3. The van der Waals surface area contributed by atoms with Crippen molar-refractivity contribution < 1.29 is 4.74 Å². The highest BCUT2D eigenvalue weighted by atomic mass is 16.5. The fraction of sp³-hybridized carbons (Fsp3) is 0.312. The van der Waals surface area contributed by atoms with Gasteiger partial charge >= 0.3 is 0 Å². The van der Waals surface area contributed by atoms with Crippen molar-refractivity contribution in [2.24, 2.45) is 9.98 Å². The van der Waals surface area contributed by atoms with E-state index in [2.05, 4.69) is 95.8 Å². The zero-order chi connectivity index (χ0) is 28.1. The molecule has 6 heteroatoms. The number of rotatable bonds is 11. The summed E-state index contributed by atoms with van der Waals surface area (Å²) in [6.45, 7) is 22.1. The summed E-state index contributed by atoms with van der Waals surface area (Å²) in [5, 5.41) is 9.01. The van der Waals surface area contributed by atoms with E-state index in [1.165, 1.54) is 5.56 Å². The van der Waals surface area contributed by atoms with E-state index in [0.29, 0.717) is 12.4 Å². The van der Waals surface area contributed by atoms with Crippen molar-refractivity contribution in [3.8, 4) is 5.75 Å². The van der Waals surface area contributed by atoms with Crippen LogP contribution in [0.2, 0.25) is 0 Å². The van der Waals surface area contributed by atoms with Gasteiger partial charge in [-0.15, -0.1) is 0 Å². The normalized spacial score (nSPS) is 11.2. The number of ether oxygens (including phenoxy) is 1. The standard InChI is InChI=1S/C30H37N5O.C2H6/c1-8-31-21-32-18-19-35(9-2)28-16-15-26(24-12-10-11-13-25(24)28)33-22(3)34-27-20-23(30(4,5)6)14-17-29(27)36-7;1-2/h9-18,20-21,33-34H,2-3,8,19H2,1,4-7H3;1-2H3. The molecule has 2 N–H and O–H groups in total. The number of benzene rings is 3. The molecule has 0 radical (unpaired) electrons. The predicted molar refractivity (Wildman–Crippen MR) is 168 cm³/mol. The summed E-state index contributed by atoms with van der Waals surface area (Å²) in [6, 6.07) is 18.6. The Hall–Kier alpha value is -4.06. The van der Waals surface area contributed by atoms with Crippen molar-refractivity contribution >= 4 is 40.4 Å². The van der Waals surface area contributed by atoms with Gasteiger partial charge in [0.2, 0.25) is 0 Å². The molecule has 3 aromatic rings. The number of hydrogen-bond acceptors (Lipinski definition) is 5. The Morgan fingerprint density at radius 2 is 1.68 bits per heavy atom. The first kappa shape index (κ1) is 30.2. The summed E-state index contributed by atoms with van der Waals surface area (Å²) < 4.78 is 5.58. The number of fused-ring (bicyclic) bond motifs is 1. The average Bonchev–Trinajstić information content (AvgIpc) is 2.92. The van der Waals surface area contributed by atoms with Crippen molar-refractivity contribution in [1.82, 2.24) is 0 Å². The Balaban J connectivity index is 0.00000247. The molecule has 0 aliphatic heterocycles.